The first kappa shape index (κ1) is 8.01. The number of nitrogens with zero attached hydrogens (tertiary/aromatic N) is 1. The molecule has 0 bridgehead atoms. The van der Waals surface area contributed by atoms with E-state index in [0.717, 1.165) is 25.9 Å². The third-order valence-electron chi connectivity index (χ3n) is 1.78. The van der Waals surface area contributed by atoms with E-state index < -0.39 is 10.0 Å². The third kappa shape index (κ3) is 1.95. The van der Waals surface area contributed by atoms with Crippen LogP contribution in [0.3, 0.4) is 0 Å². The first-order valence-corrected chi connectivity index (χ1v) is 5.40. The third-order valence-corrected chi connectivity index (χ3v) is 3.09. The largest absolute Gasteiger partial charge is 0.213 e. The van der Waals surface area contributed by atoms with Gasteiger partial charge in [0.05, 0.1) is 6.26 Å². The Balaban J connectivity index is 2.56. The fourth-order valence-electron chi connectivity index (χ4n) is 1.20. The van der Waals surface area contributed by atoms with Gasteiger partial charge >= 0.3 is 0 Å². The Hall–Kier alpha value is -0.0900. The molecule has 0 unspecified atom stereocenters. The summed E-state index contributed by atoms with van der Waals surface area (Å²) in [6.07, 6.45) is 4.49. The van der Waals surface area contributed by atoms with Crippen molar-refractivity contribution in [3.63, 3.8) is 0 Å². The van der Waals surface area contributed by atoms with Crippen LogP contribution in [0.1, 0.15) is 19.3 Å². The van der Waals surface area contributed by atoms with Crippen molar-refractivity contribution in [3.05, 3.63) is 0 Å². The summed E-state index contributed by atoms with van der Waals surface area (Å²) < 4.78 is 23.4. The Bertz CT molecular complexity index is 192. The molecule has 60 valence electrons. The van der Waals surface area contributed by atoms with Crippen molar-refractivity contribution in [3.8, 4) is 0 Å². The zero-order valence-corrected chi connectivity index (χ0v) is 7.02. The van der Waals surface area contributed by atoms with E-state index in [1.165, 1.54) is 12.7 Å². The van der Waals surface area contributed by atoms with Crippen molar-refractivity contribution >= 4 is 10.0 Å². The van der Waals surface area contributed by atoms with Crippen molar-refractivity contribution in [2.75, 3.05) is 19.3 Å². The highest BCUT2D eigenvalue weighted by Crippen LogP contribution is 2.11. The Morgan fingerprint density at radius 3 is 1.90 bits per heavy atom. The first-order chi connectivity index (χ1) is 4.61. The van der Waals surface area contributed by atoms with E-state index >= 15 is 0 Å². The second kappa shape index (κ2) is 2.88. The average molecular weight is 163 g/mol. The minimum atomic E-state index is -2.89. The molecule has 1 aliphatic rings. The topological polar surface area (TPSA) is 37.4 Å². The van der Waals surface area contributed by atoms with Crippen LogP contribution in [0.4, 0.5) is 0 Å². The Morgan fingerprint density at radius 1 is 1.10 bits per heavy atom. The molecular formula is C6H13NO2S. The summed E-state index contributed by atoms with van der Waals surface area (Å²) in [6.45, 7) is 1.44. The van der Waals surface area contributed by atoms with Crippen LogP contribution in [0, 0.1) is 0 Å². The van der Waals surface area contributed by atoms with Gasteiger partial charge in [0.25, 0.3) is 0 Å². The highest BCUT2D eigenvalue weighted by Gasteiger charge is 2.18. The molecule has 1 saturated heterocycles. The smallest absolute Gasteiger partial charge is 0.211 e. The molecule has 10 heavy (non-hydrogen) atoms. The van der Waals surface area contributed by atoms with E-state index in [1.807, 2.05) is 0 Å². The van der Waals surface area contributed by atoms with Crippen LogP contribution in [0.5, 0.6) is 0 Å². The van der Waals surface area contributed by atoms with Gasteiger partial charge in [-0.2, -0.15) is 0 Å². The van der Waals surface area contributed by atoms with Crippen molar-refractivity contribution in [1.82, 2.24) is 4.31 Å². The van der Waals surface area contributed by atoms with E-state index in [-0.39, 0.29) is 0 Å². The van der Waals surface area contributed by atoms with Gasteiger partial charge in [0.2, 0.25) is 10.0 Å². The number of hydrogen-bond donors (Lipinski definition) is 0. The van der Waals surface area contributed by atoms with E-state index in [2.05, 4.69) is 0 Å². The zero-order valence-electron chi connectivity index (χ0n) is 6.21. The average Bonchev–Trinajstić information content (AvgIpc) is 1.88. The summed E-state index contributed by atoms with van der Waals surface area (Å²) >= 11 is 0. The minimum absolute atomic E-state index is 0.721. The predicted octanol–water partition coefficient (Wildman–Crippen LogP) is 0.432. The molecule has 0 aromatic carbocycles. The molecule has 0 spiro atoms. The lowest BCUT2D eigenvalue weighted by Crippen LogP contribution is -2.34. The predicted molar refractivity (Wildman–Crippen MR) is 40.3 cm³/mol. The molecule has 0 amide bonds. The lowest BCUT2D eigenvalue weighted by Gasteiger charge is -2.23. The molecular weight excluding hydrogens is 150 g/mol. The van der Waals surface area contributed by atoms with Gasteiger partial charge in [0.15, 0.2) is 0 Å². The molecule has 1 heterocycles. The Labute approximate surface area is 62.1 Å². The van der Waals surface area contributed by atoms with Crippen LogP contribution in [0.25, 0.3) is 0 Å². The Kier molecular flexibility index (Phi) is 2.31. The van der Waals surface area contributed by atoms with Crippen molar-refractivity contribution in [1.29, 1.82) is 0 Å². The Morgan fingerprint density at radius 2 is 1.60 bits per heavy atom. The molecule has 0 aliphatic carbocycles. The van der Waals surface area contributed by atoms with Gasteiger partial charge in [0, 0.05) is 13.1 Å². The number of sulfonamides is 1. The van der Waals surface area contributed by atoms with Crippen LogP contribution in [-0.2, 0) is 10.0 Å². The van der Waals surface area contributed by atoms with E-state index in [9.17, 15) is 8.42 Å². The van der Waals surface area contributed by atoms with Crippen LogP contribution in [0.15, 0.2) is 0 Å². The molecule has 3 nitrogen and oxygen atoms in total. The first-order valence-electron chi connectivity index (χ1n) is 3.56. The maximum Gasteiger partial charge on any atom is 0.211 e. The lowest BCUT2D eigenvalue weighted by molar-refractivity contribution is 0.349. The normalized spacial score (nSPS) is 22.9. The van der Waals surface area contributed by atoms with Gasteiger partial charge < -0.3 is 0 Å². The van der Waals surface area contributed by atoms with Crippen LogP contribution < -0.4 is 0 Å². The molecule has 1 aliphatic heterocycles. The monoisotopic (exact) mass is 163 g/mol. The maximum absolute atomic E-state index is 10.9. The summed E-state index contributed by atoms with van der Waals surface area (Å²) in [5.41, 5.74) is 0. The molecule has 1 fully saturated rings. The highest BCUT2D eigenvalue weighted by molar-refractivity contribution is 7.88. The fourth-order valence-corrected chi connectivity index (χ4v) is 2.12. The molecule has 0 aromatic heterocycles. The fraction of sp³-hybridized carbons (Fsp3) is 1.00. The minimum Gasteiger partial charge on any atom is -0.213 e. The van der Waals surface area contributed by atoms with Gasteiger partial charge in [0.1, 0.15) is 0 Å². The lowest BCUT2D eigenvalue weighted by atomic mass is 10.2. The SMILES string of the molecule is CS(=O)(=O)N1CCCCC1. The maximum atomic E-state index is 10.9. The number of piperidine rings is 1. The molecule has 0 N–H and O–H groups in total. The van der Waals surface area contributed by atoms with Crippen molar-refractivity contribution < 1.29 is 8.42 Å². The van der Waals surface area contributed by atoms with Gasteiger partial charge in [-0.3, -0.25) is 0 Å². The summed E-state index contributed by atoms with van der Waals surface area (Å²) in [7, 11) is -2.89. The van der Waals surface area contributed by atoms with Gasteiger partial charge in [-0.1, -0.05) is 6.42 Å². The molecule has 1 rings (SSSR count). The van der Waals surface area contributed by atoms with Crippen LogP contribution >= 0.6 is 0 Å². The highest BCUT2D eigenvalue weighted by atomic mass is 32.2. The van der Waals surface area contributed by atoms with Gasteiger partial charge in [-0.15, -0.1) is 0 Å². The van der Waals surface area contributed by atoms with E-state index in [4.69, 9.17) is 0 Å². The van der Waals surface area contributed by atoms with E-state index in [0.29, 0.717) is 0 Å². The molecule has 0 atom stereocenters. The van der Waals surface area contributed by atoms with Crippen molar-refractivity contribution in [2.45, 2.75) is 19.3 Å². The zero-order chi connectivity index (χ0) is 7.61. The molecule has 0 aromatic rings. The number of hydrogen-bond acceptors (Lipinski definition) is 2. The van der Waals surface area contributed by atoms with Crippen LogP contribution in [-0.4, -0.2) is 32.1 Å². The van der Waals surface area contributed by atoms with Gasteiger partial charge in [-0.25, -0.2) is 12.7 Å². The summed E-state index contributed by atoms with van der Waals surface area (Å²) in [4.78, 5) is 0. The second-order valence-corrected chi connectivity index (χ2v) is 4.71. The van der Waals surface area contributed by atoms with Gasteiger partial charge in [-0.05, 0) is 12.8 Å². The molecule has 0 saturated carbocycles. The second-order valence-electron chi connectivity index (χ2n) is 2.72. The summed E-state index contributed by atoms with van der Waals surface area (Å²) in [5, 5.41) is 0. The van der Waals surface area contributed by atoms with Crippen molar-refractivity contribution in [2.24, 2.45) is 0 Å². The standard InChI is InChI=1S/C6H13NO2S/c1-10(8,9)7-5-3-2-4-6-7/h2-6H2,1H3. The summed E-state index contributed by atoms with van der Waals surface area (Å²) in [6, 6.07) is 0. The molecule has 4 heteroatoms. The number of rotatable bonds is 1. The molecule has 0 radical (unpaired) electrons. The quantitative estimate of drug-likeness (QED) is 0.562. The van der Waals surface area contributed by atoms with E-state index in [1.54, 1.807) is 4.31 Å². The summed E-state index contributed by atoms with van der Waals surface area (Å²) in [5.74, 6) is 0. The van der Waals surface area contributed by atoms with Crippen LogP contribution in [0.2, 0.25) is 0 Å².